The van der Waals surface area contributed by atoms with Crippen molar-refractivity contribution in [2.45, 2.75) is 38.6 Å². The molecule has 0 bridgehead atoms. The third-order valence-electron chi connectivity index (χ3n) is 4.95. The number of nitrogens with one attached hydrogen (secondary N) is 1. The van der Waals surface area contributed by atoms with Gasteiger partial charge in [-0.05, 0) is 65.5 Å². The van der Waals surface area contributed by atoms with Crippen molar-refractivity contribution in [2.24, 2.45) is 0 Å². The first-order valence-electron chi connectivity index (χ1n) is 8.64. The topological polar surface area (TPSA) is 21.8 Å². The molecule has 0 spiro atoms. The summed E-state index contributed by atoms with van der Waals surface area (Å²) in [5.41, 5.74) is 0. The van der Waals surface area contributed by atoms with Crippen molar-refractivity contribution in [1.82, 2.24) is 20.0 Å². The zero-order valence-corrected chi connectivity index (χ0v) is 13.6. The lowest BCUT2D eigenvalue weighted by Gasteiger charge is -2.32. The number of piperazine rings is 1. The SMILES string of the molecule is CCN1CCCC(NCCCN2CCN(C)CC2)CC1. The molecule has 2 fully saturated rings. The van der Waals surface area contributed by atoms with E-state index in [0.29, 0.717) is 0 Å². The van der Waals surface area contributed by atoms with Gasteiger partial charge in [0.1, 0.15) is 0 Å². The zero-order valence-electron chi connectivity index (χ0n) is 13.6. The van der Waals surface area contributed by atoms with Crippen LogP contribution >= 0.6 is 0 Å². The molecule has 2 aliphatic rings. The van der Waals surface area contributed by atoms with Gasteiger partial charge in [-0.1, -0.05) is 6.92 Å². The lowest BCUT2D eigenvalue weighted by molar-refractivity contribution is 0.152. The lowest BCUT2D eigenvalue weighted by Crippen LogP contribution is -2.45. The quantitative estimate of drug-likeness (QED) is 0.736. The van der Waals surface area contributed by atoms with Crippen LogP contribution in [0.25, 0.3) is 0 Å². The van der Waals surface area contributed by atoms with Gasteiger partial charge >= 0.3 is 0 Å². The van der Waals surface area contributed by atoms with Crippen LogP contribution in [0.15, 0.2) is 0 Å². The molecule has 0 saturated carbocycles. The monoisotopic (exact) mass is 282 g/mol. The van der Waals surface area contributed by atoms with Gasteiger partial charge in [0.15, 0.2) is 0 Å². The minimum absolute atomic E-state index is 0.763. The molecule has 0 aromatic carbocycles. The Bertz CT molecular complexity index is 251. The smallest absolute Gasteiger partial charge is 0.0110 e. The molecule has 4 nitrogen and oxygen atoms in total. The minimum Gasteiger partial charge on any atom is -0.314 e. The summed E-state index contributed by atoms with van der Waals surface area (Å²) in [6.45, 7) is 13.5. The Morgan fingerprint density at radius 1 is 0.950 bits per heavy atom. The highest BCUT2D eigenvalue weighted by molar-refractivity contribution is 4.75. The second kappa shape index (κ2) is 8.98. The van der Waals surface area contributed by atoms with Crippen molar-refractivity contribution in [3.63, 3.8) is 0 Å². The van der Waals surface area contributed by atoms with E-state index in [9.17, 15) is 0 Å². The van der Waals surface area contributed by atoms with E-state index in [1.165, 1.54) is 84.6 Å². The summed E-state index contributed by atoms with van der Waals surface area (Å²) in [5, 5.41) is 3.79. The summed E-state index contributed by atoms with van der Waals surface area (Å²) in [7, 11) is 2.23. The van der Waals surface area contributed by atoms with Crippen molar-refractivity contribution in [3.8, 4) is 0 Å². The van der Waals surface area contributed by atoms with Crippen LogP contribution in [0, 0.1) is 0 Å². The molecule has 2 saturated heterocycles. The van der Waals surface area contributed by atoms with Crippen LogP contribution in [-0.4, -0.2) is 86.7 Å². The van der Waals surface area contributed by atoms with Gasteiger partial charge in [0, 0.05) is 32.2 Å². The first kappa shape index (κ1) is 16.2. The van der Waals surface area contributed by atoms with Gasteiger partial charge in [0.2, 0.25) is 0 Å². The Labute approximate surface area is 125 Å². The Morgan fingerprint density at radius 2 is 1.75 bits per heavy atom. The van der Waals surface area contributed by atoms with Crippen molar-refractivity contribution in [3.05, 3.63) is 0 Å². The van der Waals surface area contributed by atoms with E-state index in [1.807, 2.05) is 0 Å². The van der Waals surface area contributed by atoms with E-state index in [2.05, 4.69) is 34.0 Å². The van der Waals surface area contributed by atoms with Crippen molar-refractivity contribution >= 4 is 0 Å². The summed E-state index contributed by atoms with van der Waals surface area (Å²) < 4.78 is 0. The van der Waals surface area contributed by atoms with Crippen LogP contribution < -0.4 is 5.32 Å². The van der Waals surface area contributed by atoms with Gasteiger partial charge in [-0.3, -0.25) is 0 Å². The first-order chi connectivity index (χ1) is 9.78. The Hall–Kier alpha value is -0.160. The molecule has 4 heteroatoms. The fraction of sp³-hybridized carbons (Fsp3) is 1.00. The Kier molecular flexibility index (Phi) is 7.28. The molecule has 0 radical (unpaired) electrons. The highest BCUT2D eigenvalue weighted by atomic mass is 15.2. The van der Waals surface area contributed by atoms with Crippen LogP contribution in [0.1, 0.15) is 32.6 Å². The van der Waals surface area contributed by atoms with Gasteiger partial charge in [-0.2, -0.15) is 0 Å². The molecule has 1 unspecified atom stereocenters. The molecule has 2 aliphatic heterocycles. The van der Waals surface area contributed by atoms with Gasteiger partial charge in [0.25, 0.3) is 0 Å². The highest BCUT2D eigenvalue weighted by Crippen LogP contribution is 2.10. The summed E-state index contributed by atoms with van der Waals surface area (Å²) in [5.74, 6) is 0. The number of nitrogens with zero attached hydrogens (tertiary/aromatic N) is 3. The second-order valence-electron chi connectivity index (χ2n) is 6.51. The maximum atomic E-state index is 3.79. The highest BCUT2D eigenvalue weighted by Gasteiger charge is 2.16. The third kappa shape index (κ3) is 5.68. The van der Waals surface area contributed by atoms with E-state index >= 15 is 0 Å². The summed E-state index contributed by atoms with van der Waals surface area (Å²) >= 11 is 0. The molecule has 0 amide bonds. The predicted molar refractivity (Wildman–Crippen MR) is 86.3 cm³/mol. The average Bonchev–Trinajstić information content (AvgIpc) is 2.70. The lowest BCUT2D eigenvalue weighted by atomic mass is 10.1. The average molecular weight is 282 g/mol. The van der Waals surface area contributed by atoms with E-state index in [0.717, 1.165) is 6.04 Å². The molecule has 2 heterocycles. The maximum Gasteiger partial charge on any atom is 0.0110 e. The number of rotatable bonds is 6. The maximum absolute atomic E-state index is 3.79. The summed E-state index contributed by atoms with van der Waals surface area (Å²) in [6.07, 6.45) is 5.37. The molecule has 2 rings (SSSR count). The van der Waals surface area contributed by atoms with Crippen LogP contribution in [0.4, 0.5) is 0 Å². The second-order valence-corrected chi connectivity index (χ2v) is 6.51. The Balaban J connectivity index is 1.52. The molecule has 1 N–H and O–H groups in total. The summed E-state index contributed by atoms with van der Waals surface area (Å²) in [6, 6.07) is 0.763. The van der Waals surface area contributed by atoms with E-state index in [-0.39, 0.29) is 0 Å². The fourth-order valence-electron chi connectivity index (χ4n) is 3.36. The minimum atomic E-state index is 0.763. The predicted octanol–water partition coefficient (Wildman–Crippen LogP) is 1.09. The standard InChI is InChI=1S/C16H34N4/c1-3-19-9-4-6-16(7-11-19)17-8-5-10-20-14-12-18(2)13-15-20/h16-17H,3-15H2,1-2H3. The van der Waals surface area contributed by atoms with E-state index < -0.39 is 0 Å². The molecule has 118 valence electrons. The zero-order chi connectivity index (χ0) is 14.2. The molecule has 0 aliphatic carbocycles. The summed E-state index contributed by atoms with van der Waals surface area (Å²) in [4.78, 5) is 7.64. The largest absolute Gasteiger partial charge is 0.314 e. The molecule has 0 aromatic heterocycles. The molecule has 0 aromatic rings. The van der Waals surface area contributed by atoms with Crippen molar-refractivity contribution in [2.75, 3.05) is 66.0 Å². The van der Waals surface area contributed by atoms with E-state index in [1.54, 1.807) is 0 Å². The molecular weight excluding hydrogens is 248 g/mol. The van der Waals surface area contributed by atoms with Crippen molar-refractivity contribution < 1.29 is 0 Å². The van der Waals surface area contributed by atoms with Gasteiger partial charge < -0.3 is 20.0 Å². The molecule has 1 atom stereocenters. The molecule has 20 heavy (non-hydrogen) atoms. The van der Waals surface area contributed by atoms with E-state index in [4.69, 9.17) is 0 Å². The molecular formula is C16H34N4. The normalized spacial score (nSPS) is 27.6. The third-order valence-corrected chi connectivity index (χ3v) is 4.95. The van der Waals surface area contributed by atoms with Crippen molar-refractivity contribution in [1.29, 1.82) is 0 Å². The van der Waals surface area contributed by atoms with Crippen LogP contribution in [0.3, 0.4) is 0 Å². The number of hydrogen-bond donors (Lipinski definition) is 1. The number of likely N-dealkylation sites (tertiary alicyclic amines) is 1. The van der Waals surface area contributed by atoms with Crippen LogP contribution in [0.2, 0.25) is 0 Å². The fourth-order valence-corrected chi connectivity index (χ4v) is 3.36. The Morgan fingerprint density at radius 3 is 2.50 bits per heavy atom. The van der Waals surface area contributed by atoms with Crippen LogP contribution in [-0.2, 0) is 0 Å². The van der Waals surface area contributed by atoms with Gasteiger partial charge in [-0.25, -0.2) is 0 Å². The number of likely N-dealkylation sites (N-methyl/N-ethyl adjacent to an activating group) is 1. The van der Waals surface area contributed by atoms with Gasteiger partial charge in [0.05, 0.1) is 0 Å². The van der Waals surface area contributed by atoms with Gasteiger partial charge in [-0.15, -0.1) is 0 Å². The number of hydrogen-bond acceptors (Lipinski definition) is 4. The van der Waals surface area contributed by atoms with Crippen LogP contribution in [0.5, 0.6) is 0 Å². The first-order valence-corrected chi connectivity index (χ1v) is 8.64.